The summed E-state index contributed by atoms with van der Waals surface area (Å²) in [6.45, 7) is 1.21. The summed E-state index contributed by atoms with van der Waals surface area (Å²) in [4.78, 5) is 16.6. The van der Waals surface area contributed by atoms with Crippen molar-refractivity contribution in [1.29, 1.82) is 0 Å². The van der Waals surface area contributed by atoms with Crippen LogP contribution in [0.15, 0.2) is 24.4 Å². The molecule has 0 atom stereocenters. The van der Waals surface area contributed by atoms with Crippen molar-refractivity contribution in [3.05, 3.63) is 41.6 Å². The normalized spacial score (nSPS) is 11.5. The second-order valence-corrected chi connectivity index (χ2v) is 8.13. The first kappa shape index (κ1) is 22.3. The fourth-order valence-electron chi connectivity index (χ4n) is 2.69. The number of pyridine rings is 1. The highest BCUT2D eigenvalue weighted by molar-refractivity contribution is 7.92. The fraction of sp³-hybridized carbons (Fsp3) is 0.278. The average molecular weight is 457 g/mol. The minimum absolute atomic E-state index is 0.104. The number of rotatable bonds is 9. The Morgan fingerprint density at radius 1 is 1.29 bits per heavy atom. The first-order chi connectivity index (χ1) is 14.8. The number of nitrogens with zero attached hydrogens (tertiary/aromatic N) is 2. The highest BCUT2D eigenvalue weighted by Crippen LogP contribution is 2.26. The number of anilines is 2. The lowest BCUT2D eigenvalue weighted by Gasteiger charge is -2.12. The van der Waals surface area contributed by atoms with Crippen molar-refractivity contribution in [3.8, 4) is 5.88 Å². The molecule has 2 aromatic heterocycles. The second kappa shape index (κ2) is 9.20. The monoisotopic (exact) mass is 457 g/mol. The first-order valence-corrected chi connectivity index (χ1v) is 10.7. The summed E-state index contributed by atoms with van der Waals surface area (Å²) in [6.07, 6.45) is 0.951. The molecule has 0 aliphatic rings. The Labute approximate surface area is 175 Å². The molecule has 0 saturated carbocycles. The van der Waals surface area contributed by atoms with E-state index in [0.29, 0.717) is 17.6 Å². The topological polar surface area (TPSA) is 126 Å². The van der Waals surface area contributed by atoms with Crippen LogP contribution in [0.2, 0.25) is 0 Å². The average Bonchev–Trinajstić information content (AvgIpc) is 3.11. The molecule has 0 radical (unpaired) electrons. The second-order valence-electron chi connectivity index (χ2n) is 6.28. The van der Waals surface area contributed by atoms with E-state index in [1.54, 1.807) is 6.92 Å². The largest absolute Gasteiger partial charge is 0.476 e. The zero-order valence-corrected chi connectivity index (χ0v) is 17.0. The summed E-state index contributed by atoms with van der Waals surface area (Å²) in [5, 5.41) is 9.32. The first-order valence-electron chi connectivity index (χ1n) is 9.08. The van der Waals surface area contributed by atoms with E-state index >= 15 is 0 Å². The van der Waals surface area contributed by atoms with Gasteiger partial charge in [-0.2, -0.15) is 0 Å². The Balaban J connectivity index is 1.88. The van der Waals surface area contributed by atoms with Gasteiger partial charge < -0.3 is 10.1 Å². The van der Waals surface area contributed by atoms with Crippen LogP contribution in [0.3, 0.4) is 0 Å². The highest BCUT2D eigenvalue weighted by Gasteiger charge is 2.23. The van der Waals surface area contributed by atoms with Crippen molar-refractivity contribution in [2.45, 2.75) is 13.3 Å². The van der Waals surface area contributed by atoms with E-state index in [9.17, 15) is 26.4 Å². The molecule has 9 nitrogen and oxygen atoms in total. The summed E-state index contributed by atoms with van der Waals surface area (Å²) in [6, 6.07) is 3.03. The Bertz CT molecular complexity index is 1220. The number of sulfonamides is 1. The lowest BCUT2D eigenvalue weighted by atomic mass is 10.1. The molecule has 0 aliphatic carbocycles. The molecule has 0 bridgehead atoms. The van der Waals surface area contributed by atoms with Crippen molar-refractivity contribution < 1.29 is 31.1 Å². The van der Waals surface area contributed by atoms with Crippen molar-refractivity contribution >= 4 is 38.3 Å². The number of aromatic amines is 1. The van der Waals surface area contributed by atoms with Crippen molar-refractivity contribution in [3.63, 3.8) is 0 Å². The van der Waals surface area contributed by atoms with Gasteiger partial charge in [0.2, 0.25) is 15.9 Å². The number of aromatic nitrogens is 3. The SMILES string of the molecule is CCOc1n[nH]c2ncc(NC(=O)c3c(F)ccc(NS(=O)(=O)CCCF)c3F)cc12. The molecule has 1 aromatic carbocycles. The molecule has 31 heavy (non-hydrogen) atoms. The highest BCUT2D eigenvalue weighted by atomic mass is 32.2. The summed E-state index contributed by atoms with van der Waals surface area (Å²) in [5.74, 6) is -4.13. The molecule has 13 heteroatoms. The number of carbonyl (C=O) groups excluding carboxylic acids is 1. The van der Waals surface area contributed by atoms with Gasteiger partial charge in [0, 0.05) is 0 Å². The summed E-state index contributed by atoms with van der Waals surface area (Å²) >= 11 is 0. The Kier molecular flexibility index (Phi) is 6.63. The van der Waals surface area contributed by atoms with Gasteiger partial charge in [-0.15, -0.1) is 5.10 Å². The van der Waals surface area contributed by atoms with E-state index < -0.39 is 51.2 Å². The van der Waals surface area contributed by atoms with Gasteiger partial charge >= 0.3 is 0 Å². The number of hydrogen-bond donors (Lipinski definition) is 3. The third-order valence-electron chi connectivity index (χ3n) is 4.05. The number of nitrogens with one attached hydrogen (secondary N) is 3. The van der Waals surface area contributed by atoms with Crippen LogP contribution < -0.4 is 14.8 Å². The molecule has 0 aliphatic heterocycles. The number of halogens is 3. The van der Waals surface area contributed by atoms with Gasteiger partial charge in [0.25, 0.3) is 5.91 Å². The molecule has 2 heterocycles. The van der Waals surface area contributed by atoms with E-state index in [-0.39, 0.29) is 18.0 Å². The van der Waals surface area contributed by atoms with Crippen molar-refractivity contribution in [2.24, 2.45) is 0 Å². The Morgan fingerprint density at radius 2 is 2.06 bits per heavy atom. The van der Waals surface area contributed by atoms with E-state index in [0.717, 1.165) is 12.1 Å². The number of hydrogen-bond acceptors (Lipinski definition) is 6. The van der Waals surface area contributed by atoms with E-state index in [1.165, 1.54) is 12.3 Å². The van der Waals surface area contributed by atoms with Crippen LogP contribution >= 0.6 is 0 Å². The molecule has 3 N–H and O–H groups in total. The van der Waals surface area contributed by atoms with Gasteiger partial charge in [-0.25, -0.2) is 22.2 Å². The van der Waals surface area contributed by atoms with Crippen LogP contribution in [0.4, 0.5) is 24.5 Å². The van der Waals surface area contributed by atoms with Gasteiger partial charge in [0.1, 0.15) is 11.4 Å². The van der Waals surface area contributed by atoms with Gasteiger partial charge in [-0.1, -0.05) is 0 Å². The number of fused-ring (bicyclic) bond motifs is 1. The quantitative estimate of drug-likeness (QED) is 0.454. The number of ether oxygens (including phenoxy) is 1. The summed E-state index contributed by atoms with van der Waals surface area (Å²) in [5.41, 5.74) is -1.15. The predicted molar refractivity (Wildman–Crippen MR) is 107 cm³/mol. The van der Waals surface area contributed by atoms with Gasteiger partial charge in [0.15, 0.2) is 11.5 Å². The van der Waals surface area contributed by atoms with Gasteiger partial charge in [-0.05, 0) is 31.5 Å². The molecule has 0 unspecified atom stereocenters. The number of carbonyl (C=O) groups is 1. The van der Waals surface area contributed by atoms with Gasteiger partial charge in [0.05, 0.1) is 42.0 Å². The Morgan fingerprint density at radius 3 is 2.77 bits per heavy atom. The zero-order chi connectivity index (χ0) is 22.6. The smallest absolute Gasteiger partial charge is 0.261 e. The lowest BCUT2D eigenvalue weighted by molar-refractivity contribution is 0.101. The van der Waals surface area contributed by atoms with Gasteiger partial charge in [-0.3, -0.25) is 19.0 Å². The molecule has 0 fully saturated rings. The molecule has 166 valence electrons. The minimum Gasteiger partial charge on any atom is -0.476 e. The minimum atomic E-state index is -4.08. The fourth-order valence-corrected chi connectivity index (χ4v) is 3.78. The van der Waals surface area contributed by atoms with Crippen LogP contribution in [0.1, 0.15) is 23.7 Å². The number of alkyl halides is 1. The third-order valence-corrected chi connectivity index (χ3v) is 5.41. The molecule has 1 amide bonds. The maximum atomic E-state index is 14.8. The van der Waals surface area contributed by atoms with Crippen molar-refractivity contribution in [2.75, 3.05) is 29.1 Å². The standard InChI is InChI=1S/C18H18F3N5O4S/c1-2-30-18-11-8-10(9-22-16(11)24-25-18)23-17(27)14-12(20)4-5-13(15(14)21)26-31(28,29)7-3-6-19/h4-5,8-9,26H,2-3,6-7H2,1H3,(H,23,27)(H,22,24,25). The van der Waals surface area contributed by atoms with E-state index in [1.807, 2.05) is 4.72 Å². The molecule has 3 aromatic rings. The van der Waals surface area contributed by atoms with E-state index in [2.05, 4.69) is 20.5 Å². The third kappa shape index (κ3) is 5.05. The molecule has 0 spiro atoms. The van der Waals surface area contributed by atoms with Crippen molar-refractivity contribution in [1.82, 2.24) is 15.2 Å². The van der Waals surface area contributed by atoms with E-state index in [4.69, 9.17) is 4.74 Å². The lowest BCUT2D eigenvalue weighted by Crippen LogP contribution is -2.21. The van der Waals surface area contributed by atoms with Crippen LogP contribution in [0.5, 0.6) is 5.88 Å². The number of benzene rings is 1. The van der Waals surface area contributed by atoms with Crippen LogP contribution in [0.25, 0.3) is 11.0 Å². The number of amides is 1. The van der Waals surface area contributed by atoms with Crippen LogP contribution in [-0.4, -0.2) is 48.5 Å². The molecular formula is C18H18F3N5O4S. The maximum Gasteiger partial charge on any atom is 0.261 e. The maximum absolute atomic E-state index is 14.8. The zero-order valence-electron chi connectivity index (χ0n) is 16.2. The van der Waals surface area contributed by atoms with Crippen LogP contribution in [0, 0.1) is 11.6 Å². The Hall–Kier alpha value is -3.35. The molecular weight excluding hydrogens is 439 g/mol. The number of H-pyrrole nitrogens is 1. The molecule has 0 saturated heterocycles. The summed E-state index contributed by atoms with van der Waals surface area (Å²) in [7, 11) is -4.08. The van der Waals surface area contributed by atoms with Crippen LogP contribution in [-0.2, 0) is 10.0 Å². The summed E-state index contributed by atoms with van der Waals surface area (Å²) < 4.78 is 72.2. The predicted octanol–water partition coefficient (Wildman–Crippen LogP) is 2.99. The molecule has 3 rings (SSSR count).